The number of likely N-dealkylation sites (N-methyl/N-ethyl adjacent to an activating group) is 1. The predicted molar refractivity (Wildman–Crippen MR) is 110 cm³/mol. The highest BCUT2D eigenvalue weighted by Crippen LogP contribution is 2.18. The first-order valence-electron chi connectivity index (χ1n) is 8.90. The van der Waals surface area contributed by atoms with Crippen molar-refractivity contribution in [2.24, 2.45) is 0 Å². The molecule has 1 N–H and O–H groups in total. The van der Waals surface area contributed by atoms with Crippen molar-refractivity contribution in [2.75, 3.05) is 19.9 Å². The lowest BCUT2D eigenvalue weighted by molar-refractivity contribution is -0.138. The quantitative estimate of drug-likeness (QED) is 0.697. The lowest BCUT2D eigenvalue weighted by atomic mass is 10.1. The van der Waals surface area contributed by atoms with E-state index in [1.54, 1.807) is 26.2 Å². The molecule has 150 valence electrons. The van der Waals surface area contributed by atoms with E-state index in [9.17, 15) is 14.0 Å². The average Bonchev–Trinajstić information content (AvgIpc) is 2.72. The molecule has 0 saturated carbocycles. The number of thioether (sulfide) groups is 1. The van der Waals surface area contributed by atoms with Gasteiger partial charge in [-0.25, -0.2) is 4.39 Å². The van der Waals surface area contributed by atoms with Crippen LogP contribution in [0.25, 0.3) is 0 Å². The number of benzene rings is 2. The maximum atomic E-state index is 13.1. The SMILES string of the molecule is CNC(=O)C(C)N(Cc1ccc(F)cc1)C(=O)CSCc1ccc(OC)cc1. The molecule has 0 fully saturated rings. The van der Waals surface area contributed by atoms with E-state index in [0.29, 0.717) is 5.75 Å². The van der Waals surface area contributed by atoms with Gasteiger partial charge in [0.2, 0.25) is 11.8 Å². The maximum Gasteiger partial charge on any atom is 0.242 e. The average molecular weight is 405 g/mol. The van der Waals surface area contributed by atoms with Crippen LogP contribution in [0.2, 0.25) is 0 Å². The standard InChI is InChI=1S/C21H25FN2O3S/c1-15(21(26)23-2)24(12-16-4-8-18(22)9-5-16)20(25)14-28-13-17-6-10-19(27-3)11-7-17/h4-11,15H,12-14H2,1-3H3,(H,23,26). The molecule has 0 aliphatic heterocycles. The number of nitrogens with one attached hydrogen (secondary N) is 1. The van der Waals surface area contributed by atoms with Gasteiger partial charge in [0.25, 0.3) is 0 Å². The van der Waals surface area contributed by atoms with Gasteiger partial charge >= 0.3 is 0 Å². The lowest BCUT2D eigenvalue weighted by Gasteiger charge is -2.28. The van der Waals surface area contributed by atoms with Crippen LogP contribution in [0.15, 0.2) is 48.5 Å². The maximum absolute atomic E-state index is 13.1. The molecule has 0 spiro atoms. The summed E-state index contributed by atoms with van der Waals surface area (Å²) in [6.07, 6.45) is 0. The number of carbonyl (C=O) groups is 2. The van der Waals surface area contributed by atoms with Gasteiger partial charge in [0.1, 0.15) is 17.6 Å². The van der Waals surface area contributed by atoms with E-state index in [4.69, 9.17) is 4.74 Å². The molecule has 0 bridgehead atoms. The van der Waals surface area contributed by atoms with Crippen molar-refractivity contribution in [3.8, 4) is 5.75 Å². The second-order valence-electron chi connectivity index (χ2n) is 6.28. The first-order valence-corrected chi connectivity index (χ1v) is 10.1. The van der Waals surface area contributed by atoms with Crippen molar-refractivity contribution >= 4 is 23.6 Å². The van der Waals surface area contributed by atoms with E-state index >= 15 is 0 Å². The highest BCUT2D eigenvalue weighted by atomic mass is 32.2. The monoisotopic (exact) mass is 404 g/mol. The van der Waals surface area contributed by atoms with Gasteiger partial charge in [-0.3, -0.25) is 9.59 Å². The molecular weight excluding hydrogens is 379 g/mol. The number of carbonyl (C=O) groups excluding carboxylic acids is 2. The van der Waals surface area contributed by atoms with Crippen LogP contribution < -0.4 is 10.1 Å². The van der Waals surface area contributed by atoms with Gasteiger partial charge in [-0.05, 0) is 42.3 Å². The van der Waals surface area contributed by atoms with Crippen molar-refractivity contribution in [1.82, 2.24) is 10.2 Å². The summed E-state index contributed by atoms with van der Waals surface area (Å²) >= 11 is 1.48. The molecule has 2 aromatic rings. The smallest absolute Gasteiger partial charge is 0.242 e. The van der Waals surface area contributed by atoms with Crippen molar-refractivity contribution in [2.45, 2.75) is 25.3 Å². The zero-order valence-corrected chi connectivity index (χ0v) is 17.1. The molecule has 0 aromatic heterocycles. The summed E-state index contributed by atoms with van der Waals surface area (Å²) in [4.78, 5) is 26.4. The number of nitrogens with zero attached hydrogens (tertiary/aromatic N) is 1. The summed E-state index contributed by atoms with van der Waals surface area (Å²) in [6.45, 7) is 1.94. The normalized spacial score (nSPS) is 11.6. The van der Waals surface area contributed by atoms with E-state index in [2.05, 4.69) is 5.32 Å². The van der Waals surface area contributed by atoms with Gasteiger partial charge < -0.3 is 15.0 Å². The Morgan fingerprint density at radius 2 is 1.71 bits per heavy atom. The Labute approximate surface area is 169 Å². The molecule has 0 saturated heterocycles. The second kappa shape index (κ2) is 10.7. The fourth-order valence-electron chi connectivity index (χ4n) is 2.64. The largest absolute Gasteiger partial charge is 0.497 e. The minimum absolute atomic E-state index is 0.140. The first-order chi connectivity index (χ1) is 13.4. The number of rotatable bonds is 9. The van der Waals surface area contributed by atoms with Gasteiger partial charge in [-0.1, -0.05) is 24.3 Å². The number of ether oxygens (including phenoxy) is 1. The first kappa shape index (κ1) is 21.8. The molecule has 2 rings (SSSR count). The van der Waals surface area contributed by atoms with Gasteiger partial charge in [0.15, 0.2) is 0 Å². The van der Waals surface area contributed by atoms with E-state index in [-0.39, 0.29) is 29.9 Å². The minimum atomic E-state index is -0.621. The Balaban J connectivity index is 2.00. The number of hydrogen-bond acceptors (Lipinski definition) is 4. The number of hydrogen-bond donors (Lipinski definition) is 1. The van der Waals surface area contributed by atoms with Crippen LogP contribution >= 0.6 is 11.8 Å². The molecule has 5 nitrogen and oxygen atoms in total. The molecule has 2 aromatic carbocycles. The van der Waals surface area contributed by atoms with Crippen LogP contribution in [0.5, 0.6) is 5.75 Å². The molecule has 1 unspecified atom stereocenters. The van der Waals surface area contributed by atoms with E-state index < -0.39 is 6.04 Å². The van der Waals surface area contributed by atoms with Crippen LogP contribution in [0.3, 0.4) is 0 Å². The van der Waals surface area contributed by atoms with Crippen LogP contribution in [-0.4, -0.2) is 42.7 Å². The van der Waals surface area contributed by atoms with Crippen LogP contribution in [0, 0.1) is 5.82 Å². The molecular formula is C21H25FN2O3S. The van der Waals surface area contributed by atoms with Gasteiger partial charge in [0, 0.05) is 19.3 Å². The summed E-state index contributed by atoms with van der Waals surface area (Å²) in [5, 5.41) is 2.58. The van der Waals surface area contributed by atoms with Crippen LogP contribution in [0.1, 0.15) is 18.1 Å². The van der Waals surface area contributed by atoms with Gasteiger partial charge in [-0.2, -0.15) is 0 Å². The predicted octanol–water partition coefficient (Wildman–Crippen LogP) is 3.23. The molecule has 0 heterocycles. The second-order valence-corrected chi connectivity index (χ2v) is 7.26. The molecule has 7 heteroatoms. The molecule has 1 atom stereocenters. The zero-order valence-electron chi connectivity index (χ0n) is 16.3. The van der Waals surface area contributed by atoms with Gasteiger partial charge in [0.05, 0.1) is 12.9 Å². The number of halogens is 1. The van der Waals surface area contributed by atoms with Gasteiger partial charge in [-0.15, -0.1) is 11.8 Å². The number of methoxy groups -OCH3 is 1. The highest BCUT2D eigenvalue weighted by molar-refractivity contribution is 7.99. The summed E-state index contributed by atoms with van der Waals surface area (Å²) in [6, 6.07) is 13.0. The summed E-state index contributed by atoms with van der Waals surface area (Å²) in [5.41, 5.74) is 1.86. The van der Waals surface area contributed by atoms with Crippen LogP contribution in [0.4, 0.5) is 4.39 Å². The van der Waals surface area contributed by atoms with Crippen LogP contribution in [-0.2, 0) is 21.9 Å². The van der Waals surface area contributed by atoms with Crippen molar-refractivity contribution in [3.63, 3.8) is 0 Å². The summed E-state index contributed by atoms with van der Waals surface area (Å²) < 4.78 is 18.3. The Morgan fingerprint density at radius 1 is 1.11 bits per heavy atom. The molecule has 2 amide bonds. The molecule has 0 aliphatic carbocycles. The third kappa shape index (κ3) is 6.27. The van der Waals surface area contributed by atoms with Crippen molar-refractivity contribution in [1.29, 1.82) is 0 Å². The van der Waals surface area contributed by atoms with E-state index in [0.717, 1.165) is 16.9 Å². The fraction of sp³-hybridized carbons (Fsp3) is 0.333. The summed E-state index contributed by atoms with van der Waals surface area (Å²) in [7, 11) is 3.16. The molecule has 0 aliphatic rings. The van der Waals surface area contributed by atoms with E-state index in [1.165, 1.54) is 35.8 Å². The Hall–Kier alpha value is -2.54. The third-order valence-corrected chi connectivity index (χ3v) is 5.32. The Bertz CT molecular complexity index is 781. The lowest BCUT2D eigenvalue weighted by Crippen LogP contribution is -2.47. The number of amides is 2. The topological polar surface area (TPSA) is 58.6 Å². The van der Waals surface area contributed by atoms with E-state index in [1.807, 2.05) is 24.3 Å². The molecule has 0 radical (unpaired) electrons. The molecule has 28 heavy (non-hydrogen) atoms. The summed E-state index contributed by atoms with van der Waals surface area (Å²) in [5.74, 6) is 0.989. The fourth-order valence-corrected chi connectivity index (χ4v) is 3.51. The minimum Gasteiger partial charge on any atom is -0.497 e. The Kier molecular flexibility index (Phi) is 8.32. The van der Waals surface area contributed by atoms with Crippen molar-refractivity contribution in [3.05, 3.63) is 65.5 Å². The third-order valence-electron chi connectivity index (χ3n) is 4.33. The van der Waals surface area contributed by atoms with Crippen molar-refractivity contribution < 1.29 is 18.7 Å². The Morgan fingerprint density at radius 3 is 2.29 bits per heavy atom. The highest BCUT2D eigenvalue weighted by Gasteiger charge is 2.25. The zero-order chi connectivity index (χ0) is 20.5.